The van der Waals surface area contributed by atoms with Crippen LogP contribution in [-0.4, -0.2) is 36.7 Å². The third kappa shape index (κ3) is 2.77. The average Bonchev–Trinajstić information content (AvgIpc) is 3.08. The van der Waals surface area contributed by atoms with Crippen LogP contribution < -0.4 is 14.8 Å². The summed E-state index contributed by atoms with van der Waals surface area (Å²) in [6, 6.07) is 7.96. The summed E-state index contributed by atoms with van der Waals surface area (Å²) in [5, 5.41) is 7.65. The van der Waals surface area contributed by atoms with Crippen LogP contribution in [0.3, 0.4) is 0 Å². The van der Waals surface area contributed by atoms with E-state index in [1.165, 1.54) is 5.56 Å². The number of fused-ring (bicyclic) bond motifs is 1. The first-order valence-electron chi connectivity index (χ1n) is 9.18. The molecule has 3 aliphatic rings. The standard InChI is InChI=1S/C20H22N2O3S/c23-19(15-1-2-16-17(9-15)25-13-24-16)22(11-14-3-8-26-12-14)18-10-20(18)4-6-21-7-5-20/h1-3,8-9,12,18,21H,4-7,10-11,13H2/t18-/m0/s1. The van der Waals surface area contributed by atoms with Crippen LogP contribution in [-0.2, 0) is 6.54 Å². The molecule has 5 rings (SSSR count). The van der Waals surface area contributed by atoms with Crippen LogP contribution in [0.5, 0.6) is 11.5 Å². The van der Waals surface area contributed by atoms with Gasteiger partial charge in [-0.05, 0) is 78.4 Å². The van der Waals surface area contributed by atoms with Gasteiger partial charge in [0.05, 0.1) is 0 Å². The zero-order chi connectivity index (χ0) is 17.6. The normalized spacial score (nSPS) is 22.4. The summed E-state index contributed by atoms with van der Waals surface area (Å²) in [5.74, 6) is 1.47. The molecule has 1 atom stereocenters. The molecule has 2 aliphatic heterocycles. The van der Waals surface area contributed by atoms with E-state index in [0.29, 0.717) is 35.1 Å². The van der Waals surface area contributed by atoms with Crippen molar-refractivity contribution < 1.29 is 14.3 Å². The van der Waals surface area contributed by atoms with Gasteiger partial charge in [0, 0.05) is 18.2 Å². The number of carbonyl (C=O) groups is 1. The molecule has 0 bridgehead atoms. The molecule has 0 radical (unpaired) electrons. The minimum absolute atomic E-state index is 0.0925. The van der Waals surface area contributed by atoms with Gasteiger partial charge in [-0.25, -0.2) is 0 Å². The lowest BCUT2D eigenvalue weighted by Crippen LogP contribution is -2.39. The Balaban J connectivity index is 1.43. The van der Waals surface area contributed by atoms with Gasteiger partial charge in [0.1, 0.15) is 0 Å². The first-order valence-corrected chi connectivity index (χ1v) is 10.1. The van der Waals surface area contributed by atoms with Crippen LogP contribution in [0.25, 0.3) is 0 Å². The van der Waals surface area contributed by atoms with Crippen LogP contribution in [0, 0.1) is 5.41 Å². The number of carbonyl (C=O) groups excluding carboxylic acids is 1. The van der Waals surface area contributed by atoms with E-state index < -0.39 is 0 Å². The average molecular weight is 370 g/mol. The molecule has 1 amide bonds. The van der Waals surface area contributed by atoms with E-state index >= 15 is 0 Å². The van der Waals surface area contributed by atoms with Gasteiger partial charge in [-0.15, -0.1) is 0 Å². The summed E-state index contributed by atoms with van der Waals surface area (Å²) >= 11 is 1.68. The van der Waals surface area contributed by atoms with Gasteiger partial charge >= 0.3 is 0 Å². The van der Waals surface area contributed by atoms with Gasteiger partial charge in [0.15, 0.2) is 11.5 Å². The topological polar surface area (TPSA) is 50.8 Å². The number of ether oxygens (including phenoxy) is 2. The van der Waals surface area contributed by atoms with Crippen LogP contribution in [0.4, 0.5) is 0 Å². The summed E-state index contributed by atoms with van der Waals surface area (Å²) in [6.45, 7) is 3.02. The van der Waals surface area contributed by atoms with Crippen molar-refractivity contribution in [3.05, 3.63) is 46.2 Å². The van der Waals surface area contributed by atoms with Crippen molar-refractivity contribution in [2.24, 2.45) is 5.41 Å². The molecule has 1 saturated carbocycles. The summed E-state index contributed by atoms with van der Waals surface area (Å²) in [4.78, 5) is 15.5. The highest BCUT2D eigenvalue weighted by Crippen LogP contribution is 2.56. The second-order valence-corrected chi connectivity index (χ2v) is 8.25. The van der Waals surface area contributed by atoms with Crippen molar-refractivity contribution in [2.75, 3.05) is 19.9 Å². The zero-order valence-electron chi connectivity index (χ0n) is 14.6. The van der Waals surface area contributed by atoms with E-state index in [1.54, 1.807) is 11.3 Å². The van der Waals surface area contributed by atoms with Gasteiger partial charge in [-0.1, -0.05) is 0 Å². The summed E-state index contributed by atoms with van der Waals surface area (Å²) < 4.78 is 10.8. The Labute approximate surface area is 156 Å². The molecular weight excluding hydrogens is 348 g/mol. The van der Waals surface area contributed by atoms with Crippen molar-refractivity contribution in [3.8, 4) is 11.5 Å². The quantitative estimate of drug-likeness (QED) is 0.898. The molecule has 1 spiro atoms. The Bertz CT molecular complexity index is 814. The van der Waals surface area contributed by atoms with Gasteiger partial charge < -0.3 is 19.7 Å². The van der Waals surface area contributed by atoms with Crippen molar-refractivity contribution in [3.63, 3.8) is 0 Å². The Morgan fingerprint density at radius 3 is 2.88 bits per heavy atom. The second-order valence-electron chi connectivity index (χ2n) is 7.46. The van der Waals surface area contributed by atoms with Crippen LogP contribution in [0.1, 0.15) is 35.2 Å². The summed E-state index contributed by atoms with van der Waals surface area (Å²) in [5.41, 5.74) is 2.20. The molecule has 26 heavy (non-hydrogen) atoms. The molecule has 1 saturated heterocycles. The highest BCUT2D eigenvalue weighted by molar-refractivity contribution is 7.07. The Hall–Kier alpha value is -2.05. The monoisotopic (exact) mass is 370 g/mol. The van der Waals surface area contributed by atoms with Gasteiger partial charge in [-0.2, -0.15) is 11.3 Å². The maximum absolute atomic E-state index is 13.4. The SMILES string of the molecule is O=C(c1ccc2c(c1)OCO2)N(Cc1ccsc1)[C@H]1CC12CCNCC2. The molecule has 2 fully saturated rings. The predicted molar refractivity (Wildman–Crippen MR) is 99.7 cm³/mol. The molecule has 3 heterocycles. The first kappa shape index (κ1) is 16.1. The minimum atomic E-state index is 0.0925. The van der Waals surface area contributed by atoms with Crippen LogP contribution in [0.15, 0.2) is 35.0 Å². The van der Waals surface area contributed by atoms with E-state index in [0.717, 1.165) is 32.4 Å². The van der Waals surface area contributed by atoms with E-state index in [-0.39, 0.29) is 12.7 Å². The second kappa shape index (κ2) is 6.28. The third-order valence-corrected chi connectivity index (χ3v) is 6.67. The van der Waals surface area contributed by atoms with Crippen molar-refractivity contribution >= 4 is 17.2 Å². The fourth-order valence-electron chi connectivity index (χ4n) is 4.33. The smallest absolute Gasteiger partial charge is 0.254 e. The van der Waals surface area contributed by atoms with Crippen molar-refractivity contribution in [1.82, 2.24) is 10.2 Å². The van der Waals surface area contributed by atoms with Crippen LogP contribution in [0.2, 0.25) is 0 Å². The number of benzene rings is 1. The Morgan fingerprint density at radius 2 is 2.08 bits per heavy atom. The predicted octanol–water partition coefficient (Wildman–Crippen LogP) is 3.26. The highest BCUT2D eigenvalue weighted by Gasteiger charge is 2.57. The Morgan fingerprint density at radius 1 is 1.23 bits per heavy atom. The number of rotatable bonds is 4. The van der Waals surface area contributed by atoms with Crippen molar-refractivity contribution in [1.29, 1.82) is 0 Å². The summed E-state index contributed by atoms with van der Waals surface area (Å²) in [7, 11) is 0. The zero-order valence-corrected chi connectivity index (χ0v) is 15.4. The number of nitrogens with zero attached hydrogens (tertiary/aromatic N) is 1. The molecule has 0 unspecified atom stereocenters. The molecule has 1 N–H and O–H groups in total. The molecule has 2 aromatic rings. The lowest BCUT2D eigenvalue weighted by molar-refractivity contribution is 0.0692. The third-order valence-electron chi connectivity index (χ3n) is 5.94. The number of thiophene rings is 1. The minimum Gasteiger partial charge on any atom is -0.454 e. The van der Waals surface area contributed by atoms with E-state index in [4.69, 9.17) is 9.47 Å². The molecule has 1 aliphatic carbocycles. The molecule has 1 aromatic carbocycles. The van der Waals surface area contributed by atoms with E-state index in [1.807, 2.05) is 18.2 Å². The molecule has 6 heteroatoms. The van der Waals surface area contributed by atoms with E-state index in [2.05, 4.69) is 27.0 Å². The first-order chi connectivity index (χ1) is 12.8. The number of piperidine rings is 1. The van der Waals surface area contributed by atoms with Crippen LogP contribution >= 0.6 is 11.3 Å². The van der Waals surface area contributed by atoms with Crippen molar-refractivity contribution in [2.45, 2.75) is 31.8 Å². The van der Waals surface area contributed by atoms with E-state index in [9.17, 15) is 4.79 Å². The molecular formula is C20H22N2O3S. The molecule has 5 nitrogen and oxygen atoms in total. The van der Waals surface area contributed by atoms with Gasteiger partial charge in [0.25, 0.3) is 5.91 Å². The Kier molecular flexibility index (Phi) is 3.90. The maximum atomic E-state index is 13.4. The lowest BCUT2D eigenvalue weighted by atomic mass is 9.93. The largest absolute Gasteiger partial charge is 0.454 e. The number of hydrogen-bond donors (Lipinski definition) is 1. The fourth-order valence-corrected chi connectivity index (χ4v) is 4.99. The lowest BCUT2D eigenvalue weighted by Gasteiger charge is -2.29. The maximum Gasteiger partial charge on any atom is 0.254 e. The highest BCUT2D eigenvalue weighted by atomic mass is 32.1. The number of hydrogen-bond acceptors (Lipinski definition) is 5. The molecule has 136 valence electrons. The number of amides is 1. The van der Waals surface area contributed by atoms with Gasteiger partial charge in [0.2, 0.25) is 6.79 Å². The number of nitrogens with one attached hydrogen (secondary N) is 1. The summed E-state index contributed by atoms with van der Waals surface area (Å²) in [6.07, 6.45) is 3.44. The molecule has 1 aromatic heterocycles. The fraction of sp³-hybridized carbons (Fsp3) is 0.450. The van der Waals surface area contributed by atoms with Gasteiger partial charge in [-0.3, -0.25) is 4.79 Å².